The summed E-state index contributed by atoms with van der Waals surface area (Å²) in [5.41, 5.74) is 0.565. The van der Waals surface area contributed by atoms with Crippen LogP contribution >= 0.6 is 28.3 Å². The van der Waals surface area contributed by atoms with Gasteiger partial charge < -0.3 is 9.84 Å². The summed E-state index contributed by atoms with van der Waals surface area (Å²) < 4.78 is 19.3. The van der Waals surface area contributed by atoms with Crippen LogP contribution in [0.2, 0.25) is 0 Å². The predicted molar refractivity (Wildman–Crippen MR) is 82.9 cm³/mol. The Balaban J connectivity index is 0.00000161. The van der Waals surface area contributed by atoms with Crippen molar-refractivity contribution in [2.24, 2.45) is 0 Å². The molecule has 1 aliphatic heterocycles. The average molecular weight is 378 g/mol. The molecular formula is C13H15BrClFN4O. The largest absolute Gasteiger partial charge is 0.334 e. The van der Waals surface area contributed by atoms with E-state index in [4.69, 9.17) is 4.52 Å². The van der Waals surface area contributed by atoms with Crippen molar-refractivity contribution >= 4 is 28.3 Å². The minimum Gasteiger partial charge on any atom is -0.334 e. The van der Waals surface area contributed by atoms with E-state index in [2.05, 4.69) is 36.3 Å². The molecule has 1 saturated heterocycles. The Morgan fingerprint density at radius 1 is 1.48 bits per heavy atom. The van der Waals surface area contributed by atoms with Gasteiger partial charge in [0.1, 0.15) is 5.82 Å². The number of hydrogen-bond acceptors (Lipinski definition) is 5. The zero-order valence-corrected chi connectivity index (χ0v) is 13.7. The Morgan fingerprint density at radius 2 is 2.29 bits per heavy atom. The van der Waals surface area contributed by atoms with Gasteiger partial charge in [0.05, 0.1) is 11.6 Å². The minimum atomic E-state index is -0.334. The van der Waals surface area contributed by atoms with Gasteiger partial charge in [-0.1, -0.05) is 5.16 Å². The molecule has 0 amide bonds. The number of benzene rings is 1. The van der Waals surface area contributed by atoms with E-state index in [9.17, 15) is 4.39 Å². The van der Waals surface area contributed by atoms with Gasteiger partial charge in [0, 0.05) is 24.1 Å². The van der Waals surface area contributed by atoms with Gasteiger partial charge in [-0.15, -0.1) is 12.4 Å². The summed E-state index contributed by atoms with van der Waals surface area (Å²) in [4.78, 5) is 6.57. The number of nitrogens with zero attached hydrogens (tertiary/aromatic N) is 3. The summed E-state index contributed by atoms with van der Waals surface area (Å²) in [5.74, 6) is 0.607. The topological polar surface area (TPSA) is 54.2 Å². The first-order chi connectivity index (χ1) is 9.65. The number of likely N-dealkylation sites (N-methyl/N-ethyl adjacent to an activating group) is 1. The second-order valence-corrected chi connectivity index (χ2v) is 5.64. The Kier molecular flexibility index (Phi) is 5.32. The fraction of sp³-hybridized carbons (Fsp3) is 0.385. The van der Waals surface area contributed by atoms with Crippen LogP contribution in [0.5, 0.6) is 0 Å². The molecule has 1 unspecified atom stereocenters. The molecule has 114 valence electrons. The normalized spacial score (nSPS) is 19.3. The fourth-order valence-corrected chi connectivity index (χ4v) is 2.65. The van der Waals surface area contributed by atoms with Crippen LogP contribution in [0.15, 0.2) is 27.2 Å². The Bertz CT molecular complexity index is 624. The van der Waals surface area contributed by atoms with Crippen molar-refractivity contribution in [1.82, 2.24) is 20.4 Å². The monoisotopic (exact) mass is 376 g/mol. The zero-order chi connectivity index (χ0) is 14.1. The molecule has 0 radical (unpaired) electrons. The van der Waals surface area contributed by atoms with Crippen molar-refractivity contribution < 1.29 is 8.91 Å². The third kappa shape index (κ3) is 3.42. The summed E-state index contributed by atoms with van der Waals surface area (Å²) >= 11 is 3.37. The average Bonchev–Trinajstić information content (AvgIpc) is 2.91. The first-order valence-corrected chi connectivity index (χ1v) is 7.14. The molecule has 1 atom stereocenters. The van der Waals surface area contributed by atoms with E-state index in [1.54, 1.807) is 6.07 Å². The predicted octanol–water partition coefficient (Wildman–Crippen LogP) is 2.64. The van der Waals surface area contributed by atoms with Crippen LogP contribution in [0.4, 0.5) is 4.39 Å². The van der Waals surface area contributed by atoms with Gasteiger partial charge in [-0.2, -0.15) is 4.98 Å². The van der Waals surface area contributed by atoms with Crippen molar-refractivity contribution in [2.75, 3.05) is 26.7 Å². The standard InChI is InChI=1S/C13H14BrFN4O.ClH/c1-19-5-4-16-7-11(19)12-17-13(20-18-12)9-6-8(15)2-3-10(9)14;/h2-3,6,11,16H,4-5,7H2,1H3;1H. The molecule has 2 heterocycles. The van der Waals surface area contributed by atoms with Crippen LogP contribution in [-0.4, -0.2) is 41.7 Å². The number of rotatable bonds is 2. The molecule has 0 bridgehead atoms. The molecule has 3 rings (SSSR count). The van der Waals surface area contributed by atoms with Gasteiger partial charge in [-0.3, -0.25) is 4.90 Å². The van der Waals surface area contributed by atoms with E-state index in [0.717, 1.165) is 24.1 Å². The van der Waals surface area contributed by atoms with Gasteiger partial charge in [0.2, 0.25) is 0 Å². The van der Waals surface area contributed by atoms with E-state index < -0.39 is 0 Å². The summed E-state index contributed by atoms with van der Waals surface area (Å²) in [6, 6.07) is 4.46. The van der Waals surface area contributed by atoms with Crippen molar-refractivity contribution in [2.45, 2.75) is 6.04 Å². The number of aromatic nitrogens is 2. The van der Waals surface area contributed by atoms with Crippen LogP contribution in [-0.2, 0) is 0 Å². The summed E-state index contributed by atoms with van der Waals surface area (Å²) in [5, 5.41) is 7.33. The number of hydrogen-bond donors (Lipinski definition) is 1. The van der Waals surface area contributed by atoms with Crippen molar-refractivity contribution in [3.63, 3.8) is 0 Å². The highest BCUT2D eigenvalue weighted by Crippen LogP contribution is 2.29. The molecule has 1 aromatic heterocycles. The maximum absolute atomic E-state index is 13.3. The Labute approximate surface area is 136 Å². The maximum atomic E-state index is 13.3. The molecule has 2 aromatic rings. The molecule has 0 spiro atoms. The lowest BCUT2D eigenvalue weighted by Crippen LogP contribution is -2.44. The molecule has 8 heteroatoms. The molecular weight excluding hydrogens is 363 g/mol. The molecule has 0 saturated carbocycles. The van der Waals surface area contributed by atoms with Crippen LogP contribution < -0.4 is 5.32 Å². The number of nitrogens with one attached hydrogen (secondary N) is 1. The van der Waals surface area contributed by atoms with Gasteiger partial charge in [-0.25, -0.2) is 4.39 Å². The molecule has 1 N–H and O–H groups in total. The molecule has 1 aliphatic rings. The second kappa shape index (κ2) is 6.83. The molecule has 5 nitrogen and oxygen atoms in total. The van der Waals surface area contributed by atoms with E-state index in [1.807, 2.05) is 7.05 Å². The Morgan fingerprint density at radius 3 is 3.05 bits per heavy atom. The molecule has 1 fully saturated rings. The van der Waals surface area contributed by atoms with Crippen LogP contribution in [0.1, 0.15) is 11.9 Å². The fourth-order valence-electron chi connectivity index (χ4n) is 2.24. The minimum absolute atomic E-state index is 0. The lowest BCUT2D eigenvalue weighted by molar-refractivity contribution is 0.190. The smallest absolute Gasteiger partial charge is 0.259 e. The van der Waals surface area contributed by atoms with Gasteiger partial charge in [0.25, 0.3) is 5.89 Å². The molecule has 0 aliphatic carbocycles. The SMILES string of the molecule is CN1CCNCC1c1noc(-c2cc(F)ccc2Br)n1.Cl. The van der Waals surface area contributed by atoms with Crippen LogP contribution in [0.3, 0.4) is 0 Å². The highest BCUT2D eigenvalue weighted by atomic mass is 79.9. The molecule has 1 aromatic carbocycles. The summed E-state index contributed by atoms with van der Waals surface area (Å²) in [7, 11) is 2.03. The second-order valence-electron chi connectivity index (χ2n) is 4.78. The van der Waals surface area contributed by atoms with Crippen LogP contribution in [0.25, 0.3) is 11.5 Å². The van der Waals surface area contributed by atoms with Crippen LogP contribution in [0, 0.1) is 5.82 Å². The lowest BCUT2D eigenvalue weighted by Gasteiger charge is -2.30. The van der Waals surface area contributed by atoms with E-state index >= 15 is 0 Å². The zero-order valence-electron chi connectivity index (χ0n) is 11.3. The number of piperazine rings is 1. The first-order valence-electron chi connectivity index (χ1n) is 6.35. The summed E-state index contributed by atoms with van der Waals surface area (Å²) in [6.45, 7) is 2.66. The third-order valence-electron chi connectivity index (χ3n) is 3.41. The highest BCUT2D eigenvalue weighted by molar-refractivity contribution is 9.10. The van der Waals surface area contributed by atoms with Crippen molar-refractivity contribution in [3.05, 3.63) is 34.3 Å². The van der Waals surface area contributed by atoms with Gasteiger partial charge in [0.15, 0.2) is 5.82 Å². The van der Waals surface area contributed by atoms with Gasteiger partial charge >= 0.3 is 0 Å². The van der Waals surface area contributed by atoms with E-state index in [0.29, 0.717) is 17.3 Å². The maximum Gasteiger partial charge on any atom is 0.259 e. The quantitative estimate of drug-likeness (QED) is 0.872. The first kappa shape index (κ1) is 16.4. The molecule has 21 heavy (non-hydrogen) atoms. The lowest BCUT2D eigenvalue weighted by atomic mass is 10.2. The Hall–Kier alpha value is -1.02. The number of halogens is 3. The van der Waals surface area contributed by atoms with E-state index in [1.165, 1.54) is 12.1 Å². The van der Waals surface area contributed by atoms with Gasteiger partial charge in [-0.05, 0) is 41.2 Å². The van der Waals surface area contributed by atoms with E-state index in [-0.39, 0.29) is 24.3 Å². The third-order valence-corrected chi connectivity index (χ3v) is 4.10. The van der Waals surface area contributed by atoms with Crippen molar-refractivity contribution in [1.29, 1.82) is 0 Å². The highest BCUT2D eigenvalue weighted by Gasteiger charge is 2.25. The summed E-state index contributed by atoms with van der Waals surface area (Å²) in [6.07, 6.45) is 0. The van der Waals surface area contributed by atoms with Crippen molar-refractivity contribution in [3.8, 4) is 11.5 Å².